The molecule has 2 aliphatic heterocycles. The van der Waals surface area contributed by atoms with Crippen molar-refractivity contribution in [3.05, 3.63) is 0 Å². The molecule has 3 rings (SSSR count). The van der Waals surface area contributed by atoms with Gasteiger partial charge in [0.15, 0.2) is 0 Å². The Morgan fingerprint density at radius 2 is 1.89 bits per heavy atom. The van der Waals surface area contributed by atoms with Crippen molar-refractivity contribution in [2.75, 3.05) is 26.7 Å². The van der Waals surface area contributed by atoms with Crippen LogP contribution in [0.15, 0.2) is 0 Å². The molecule has 2 atom stereocenters. The summed E-state index contributed by atoms with van der Waals surface area (Å²) in [6, 6.07) is 0.894. The number of hydrogen-bond acceptors (Lipinski definition) is 3. The quantitative estimate of drug-likeness (QED) is 0.806. The Bertz CT molecular complexity index is 408. The summed E-state index contributed by atoms with van der Waals surface area (Å²) in [6.07, 6.45) is 5.64. The van der Waals surface area contributed by atoms with E-state index in [0.29, 0.717) is 37.6 Å². The van der Waals surface area contributed by atoms with Crippen molar-refractivity contribution in [3.8, 4) is 0 Å². The normalized spacial score (nSPS) is 33.9. The van der Waals surface area contributed by atoms with Crippen LogP contribution in [-0.4, -0.2) is 55.8 Å². The van der Waals surface area contributed by atoms with Crippen molar-refractivity contribution >= 4 is 10.2 Å². The Hall–Kier alpha value is -0.170. The summed E-state index contributed by atoms with van der Waals surface area (Å²) in [5.74, 6) is 0.603. The van der Waals surface area contributed by atoms with E-state index >= 15 is 0 Å². The van der Waals surface area contributed by atoms with Gasteiger partial charge >= 0.3 is 0 Å². The molecule has 0 radical (unpaired) electrons. The lowest BCUT2D eigenvalue weighted by Gasteiger charge is -2.28. The van der Waals surface area contributed by atoms with E-state index in [2.05, 4.69) is 5.32 Å². The van der Waals surface area contributed by atoms with Crippen LogP contribution in [0, 0.1) is 5.92 Å². The highest BCUT2D eigenvalue weighted by atomic mass is 32.2. The van der Waals surface area contributed by atoms with E-state index in [0.717, 1.165) is 12.8 Å². The first-order chi connectivity index (χ1) is 8.55. The third-order valence-corrected chi connectivity index (χ3v) is 6.34. The van der Waals surface area contributed by atoms with Crippen molar-refractivity contribution < 1.29 is 8.42 Å². The predicted octanol–water partition coefficient (Wildman–Crippen LogP) is 0.399. The van der Waals surface area contributed by atoms with Gasteiger partial charge in [0, 0.05) is 38.8 Å². The van der Waals surface area contributed by atoms with Crippen LogP contribution in [0.4, 0.5) is 0 Å². The Balaban J connectivity index is 1.67. The number of nitrogens with one attached hydrogen (secondary N) is 1. The van der Waals surface area contributed by atoms with E-state index in [4.69, 9.17) is 0 Å². The van der Waals surface area contributed by atoms with Crippen LogP contribution in [-0.2, 0) is 10.2 Å². The fourth-order valence-electron chi connectivity index (χ4n) is 3.08. The van der Waals surface area contributed by atoms with Gasteiger partial charge in [0.1, 0.15) is 0 Å². The van der Waals surface area contributed by atoms with E-state index in [1.54, 1.807) is 15.7 Å². The molecule has 2 bridgehead atoms. The van der Waals surface area contributed by atoms with Gasteiger partial charge in [-0.25, -0.2) is 0 Å². The number of hydrogen-bond donors (Lipinski definition) is 1. The molecule has 18 heavy (non-hydrogen) atoms. The van der Waals surface area contributed by atoms with Crippen LogP contribution in [0.5, 0.6) is 0 Å². The van der Waals surface area contributed by atoms with E-state index < -0.39 is 10.2 Å². The first-order valence-corrected chi connectivity index (χ1v) is 8.43. The van der Waals surface area contributed by atoms with Crippen LogP contribution < -0.4 is 5.32 Å². The molecule has 5 nitrogen and oxygen atoms in total. The number of rotatable bonds is 4. The molecule has 1 saturated carbocycles. The largest absolute Gasteiger partial charge is 0.310 e. The van der Waals surface area contributed by atoms with Crippen molar-refractivity contribution in [1.82, 2.24) is 13.9 Å². The smallest absolute Gasteiger partial charge is 0.281 e. The van der Waals surface area contributed by atoms with Gasteiger partial charge < -0.3 is 5.32 Å². The highest BCUT2D eigenvalue weighted by Gasteiger charge is 2.37. The second kappa shape index (κ2) is 4.74. The molecule has 0 aromatic heterocycles. The molecular formula is C12H23N3O2S. The standard InChI is InChI=1S/C12H23N3O2S/c1-14(8-10-2-3-10)18(16,17)15-7-6-11-4-5-12(9-15)13-11/h10-13H,2-9H2,1H3. The van der Waals surface area contributed by atoms with Crippen LogP contribution in [0.2, 0.25) is 0 Å². The third-order valence-electron chi connectivity index (χ3n) is 4.42. The Morgan fingerprint density at radius 1 is 1.17 bits per heavy atom. The zero-order valence-corrected chi connectivity index (χ0v) is 11.8. The monoisotopic (exact) mass is 273 g/mol. The molecule has 3 fully saturated rings. The molecule has 2 saturated heterocycles. The lowest BCUT2D eigenvalue weighted by atomic mass is 10.1. The zero-order chi connectivity index (χ0) is 12.8. The van der Waals surface area contributed by atoms with Crippen molar-refractivity contribution in [3.63, 3.8) is 0 Å². The maximum atomic E-state index is 12.5. The minimum atomic E-state index is -3.24. The summed E-state index contributed by atoms with van der Waals surface area (Å²) in [5.41, 5.74) is 0. The summed E-state index contributed by atoms with van der Waals surface area (Å²) in [7, 11) is -1.51. The summed E-state index contributed by atoms with van der Waals surface area (Å²) in [4.78, 5) is 0. The molecule has 1 aliphatic carbocycles. The molecule has 1 N–H and O–H groups in total. The van der Waals surface area contributed by atoms with Gasteiger partial charge in [0.2, 0.25) is 0 Å². The highest BCUT2D eigenvalue weighted by Crippen LogP contribution is 2.31. The molecule has 3 aliphatic rings. The fourth-order valence-corrected chi connectivity index (χ4v) is 4.57. The molecule has 0 aromatic rings. The summed E-state index contributed by atoms with van der Waals surface area (Å²) >= 11 is 0. The van der Waals surface area contributed by atoms with Crippen LogP contribution in [0.1, 0.15) is 32.1 Å². The molecule has 0 amide bonds. The van der Waals surface area contributed by atoms with Gasteiger partial charge in [-0.3, -0.25) is 0 Å². The van der Waals surface area contributed by atoms with Crippen molar-refractivity contribution in [2.45, 2.75) is 44.2 Å². The molecule has 0 spiro atoms. The van der Waals surface area contributed by atoms with Crippen molar-refractivity contribution in [2.24, 2.45) is 5.92 Å². The van der Waals surface area contributed by atoms with Gasteiger partial charge in [0.05, 0.1) is 0 Å². The first-order valence-electron chi connectivity index (χ1n) is 7.03. The Morgan fingerprint density at radius 3 is 2.61 bits per heavy atom. The summed E-state index contributed by atoms with van der Waals surface area (Å²) in [6.45, 7) is 2.01. The fraction of sp³-hybridized carbons (Fsp3) is 1.00. The molecule has 6 heteroatoms. The predicted molar refractivity (Wildman–Crippen MR) is 70.4 cm³/mol. The molecule has 0 aromatic carbocycles. The van der Waals surface area contributed by atoms with Gasteiger partial charge in [0.25, 0.3) is 10.2 Å². The minimum absolute atomic E-state index is 0.363. The van der Waals surface area contributed by atoms with Crippen LogP contribution >= 0.6 is 0 Å². The van der Waals surface area contributed by atoms with Gasteiger partial charge in [-0.2, -0.15) is 17.0 Å². The average Bonchev–Trinajstić information content (AvgIpc) is 3.03. The van der Waals surface area contributed by atoms with Crippen LogP contribution in [0.3, 0.4) is 0 Å². The van der Waals surface area contributed by atoms with Gasteiger partial charge in [-0.1, -0.05) is 0 Å². The number of nitrogens with zero attached hydrogens (tertiary/aromatic N) is 2. The summed E-state index contributed by atoms with van der Waals surface area (Å²) in [5, 5.41) is 3.52. The minimum Gasteiger partial charge on any atom is -0.310 e. The summed E-state index contributed by atoms with van der Waals surface area (Å²) < 4.78 is 28.2. The second-order valence-electron chi connectivity index (χ2n) is 6.02. The van der Waals surface area contributed by atoms with Gasteiger partial charge in [-0.15, -0.1) is 0 Å². The molecule has 2 unspecified atom stereocenters. The lowest BCUT2D eigenvalue weighted by molar-refractivity contribution is 0.338. The van der Waals surface area contributed by atoms with E-state index in [9.17, 15) is 8.42 Å². The first kappa shape index (κ1) is 12.8. The van der Waals surface area contributed by atoms with E-state index in [1.807, 2.05) is 0 Å². The Labute approximate surface area is 110 Å². The van der Waals surface area contributed by atoms with Gasteiger partial charge in [-0.05, 0) is 38.0 Å². The lowest BCUT2D eigenvalue weighted by Crippen LogP contribution is -2.46. The highest BCUT2D eigenvalue weighted by molar-refractivity contribution is 7.86. The van der Waals surface area contributed by atoms with E-state index in [1.165, 1.54) is 19.3 Å². The van der Waals surface area contributed by atoms with Crippen molar-refractivity contribution in [1.29, 1.82) is 0 Å². The SMILES string of the molecule is CN(CC1CC1)S(=O)(=O)N1CCC2CCC(C1)N2. The molecule has 2 heterocycles. The zero-order valence-electron chi connectivity index (χ0n) is 11.0. The van der Waals surface area contributed by atoms with Crippen LogP contribution in [0.25, 0.3) is 0 Å². The number of fused-ring (bicyclic) bond motifs is 2. The maximum absolute atomic E-state index is 12.5. The Kier molecular flexibility index (Phi) is 3.38. The second-order valence-corrected chi connectivity index (χ2v) is 8.05. The topological polar surface area (TPSA) is 52.7 Å². The molecule has 104 valence electrons. The maximum Gasteiger partial charge on any atom is 0.281 e. The van der Waals surface area contributed by atoms with E-state index in [-0.39, 0.29) is 0 Å². The third kappa shape index (κ3) is 2.57. The average molecular weight is 273 g/mol. The molecular weight excluding hydrogens is 250 g/mol.